The van der Waals surface area contributed by atoms with Crippen LogP contribution in [0.2, 0.25) is 0 Å². The second-order valence-corrected chi connectivity index (χ2v) is 6.72. The molecule has 144 valence electrons. The minimum Gasteiger partial charge on any atom is -0.346 e. The molecule has 2 amide bonds. The first-order chi connectivity index (χ1) is 12.8. The molecule has 1 atom stereocenters. The zero-order valence-electron chi connectivity index (χ0n) is 16.2. The monoisotopic (exact) mass is 371 g/mol. The molecule has 0 aromatic heterocycles. The van der Waals surface area contributed by atoms with Crippen LogP contribution in [0.25, 0.3) is 0 Å². The lowest BCUT2D eigenvalue weighted by Crippen LogP contribution is -2.39. The molecule has 0 heterocycles. The molecule has 0 saturated heterocycles. The van der Waals surface area contributed by atoms with Crippen molar-refractivity contribution in [2.45, 2.75) is 33.7 Å². The normalized spacial score (nSPS) is 11.7. The van der Waals surface area contributed by atoms with Crippen molar-refractivity contribution in [2.75, 3.05) is 18.4 Å². The van der Waals surface area contributed by atoms with E-state index in [0.29, 0.717) is 5.56 Å². The van der Waals surface area contributed by atoms with E-state index in [1.165, 1.54) is 6.07 Å². The highest BCUT2D eigenvalue weighted by Gasteiger charge is 2.13. The van der Waals surface area contributed by atoms with E-state index in [1.54, 1.807) is 25.1 Å². The quantitative estimate of drug-likeness (QED) is 0.700. The summed E-state index contributed by atoms with van der Waals surface area (Å²) < 4.78 is 13.7. The van der Waals surface area contributed by atoms with Crippen LogP contribution in [0.4, 0.5) is 10.1 Å². The molecule has 0 aliphatic rings. The molecule has 1 unspecified atom stereocenters. The fourth-order valence-electron chi connectivity index (χ4n) is 2.98. The van der Waals surface area contributed by atoms with E-state index >= 15 is 0 Å². The zero-order chi connectivity index (χ0) is 20.0. The molecular weight excluding hydrogens is 345 g/mol. The van der Waals surface area contributed by atoms with Gasteiger partial charge in [-0.3, -0.25) is 9.59 Å². The molecule has 27 heavy (non-hydrogen) atoms. The van der Waals surface area contributed by atoms with Gasteiger partial charge >= 0.3 is 0 Å². The predicted molar refractivity (Wildman–Crippen MR) is 105 cm³/mol. The molecule has 0 saturated carbocycles. The number of nitrogens with one attached hydrogen (secondary N) is 3. The Morgan fingerprint density at radius 1 is 1.00 bits per heavy atom. The Hall–Kier alpha value is -2.73. The van der Waals surface area contributed by atoms with Gasteiger partial charge in [-0.2, -0.15) is 0 Å². The van der Waals surface area contributed by atoms with E-state index in [4.69, 9.17) is 0 Å². The Labute approximate surface area is 159 Å². The lowest BCUT2D eigenvalue weighted by Gasteiger charge is -2.15. The van der Waals surface area contributed by atoms with Gasteiger partial charge in [-0.25, -0.2) is 4.39 Å². The van der Waals surface area contributed by atoms with E-state index < -0.39 is 0 Å². The number of amides is 2. The van der Waals surface area contributed by atoms with Crippen molar-refractivity contribution in [1.82, 2.24) is 10.6 Å². The topological polar surface area (TPSA) is 70.2 Å². The molecule has 0 radical (unpaired) electrons. The van der Waals surface area contributed by atoms with Gasteiger partial charge in [-0.15, -0.1) is 0 Å². The first-order valence-electron chi connectivity index (χ1n) is 8.90. The van der Waals surface area contributed by atoms with Crippen LogP contribution in [-0.2, 0) is 9.59 Å². The zero-order valence-corrected chi connectivity index (χ0v) is 16.2. The van der Waals surface area contributed by atoms with Gasteiger partial charge in [0.2, 0.25) is 11.8 Å². The smallest absolute Gasteiger partial charge is 0.243 e. The summed E-state index contributed by atoms with van der Waals surface area (Å²) in [6.45, 7) is 7.51. The van der Waals surface area contributed by atoms with Gasteiger partial charge in [-0.05, 0) is 44.9 Å². The lowest BCUT2D eigenvalue weighted by atomic mass is 10.1. The Kier molecular flexibility index (Phi) is 7.07. The number of carbonyl (C=O) groups excluding carboxylic acids is 2. The summed E-state index contributed by atoms with van der Waals surface area (Å²) >= 11 is 0. The predicted octanol–water partition coefficient (Wildman–Crippen LogP) is 3.16. The summed E-state index contributed by atoms with van der Waals surface area (Å²) in [5.74, 6) is -0.938. The minimum atomic E-state index is -0.328. The van der Waals surface area contributed by atoms with Crippen molar-refractivity contribution in [3.8, 4) is 0 Å². The van der Waals surface area contributed by atoms with Crippen LogP contribution < -0.4 is 16.0 Å². The van der Waals surface area contributed by atoms with Gasteiger partial charge in [0.1, 0.15) is 5.82 Å². The van der Waals surface area contributed by atoms with Crippen LogP contribution in [0, 0.1) is 26.6 Å². The summed E-state index contributed by atoms with van der Waals surface area (Å²) in [6.07, 6.45) is 0. The SMILES string of the molecule is Cc1cc(C)c(NC(=O)CNC(=O)CNC(C)c2ccccc2F)c(C)c1. The molecule has 2 aromatic carbocycles. The molecule has 0 fully saturated rings. The second-order valence-electron chi connectivity index (χ2n) is 6.72. The van der Waals surface area contributed by atoms with E-state index in [2.05, 4.69) is 16.0 Å². The molecule has 2 aromatic rings. The molecule has 0 aliphatic heterocycles. The number of rotatable bonds is 7. The van der Waals surface area contributed by atoms with E-state index in [1.807, 2.05) is 32.9 Å². The average Bonchev–Trinajstić information content (AvgIpc) is 2.61. The Morgan fingerprint density at radius 2 is 1.63 bits per heavy atom. The van der Waals surface area contributed by atoms with Gasteiger partial charge in [0, 0.05) is 17.3 Å². The van der Waals surface area contributed by atoms with Crippen molar-refractivity contribution in [2.24, 2.45) is 0 Å². The van der Waals surface area contributed by atoms with Gasteiger partial charge in [0.05, 0.1) is 13.1 Å². The van der Waals surface area contributed by atoms with Crippen LogP contribution in [0.3, 0.4) is 0 Å². The summed E-state index contributed by atoms with van der Waals surface area (Å²) in [7, 11) is 0. The van der Waals surface area contributed by atoms with E-state index in [-0.39, 0.29) is 36.8 Å². The number of carbonyl (C=O) groups is 2. The van der Waals surface area contributed by atoms with Crippen LogP contribution in [0.5, 0.6) is 0 Å². The van der Waals surface area contributed by atoms with Crippen molar-refractivity contribution in [3.05, 3.63) is 64.5 Å². The van der Waals surface area contributed by atoms with Gasteiger partial charge in [-0.1, -0.05) is 35.9 Å². The third-order valence-electron chi connectivity index (χ3n) is 4.33. The van der Waals surface area contributed by atoms with Crippen molar-refractivity contribution < 1.29 is 14.0 Å². The van der Waals surface area contributed by atoms with Crippen LogP contribution in [0.15, 0.2) is 36.4 Å². The third kappa shape index (κ3) is 5.89. The molecule has 6 heteroatoms. The van der Waals surface area contributed by atoms with Crippen LogP contribution >= 0.6 is 0 Å². The first-order valence-corrected chi connectivity index (χ1v) is 8.90. The fraction of sp³-hybridized carbons (Fsp3) is 0.333. The van der Waals surface area contributed by atoms with Gasteiger partial charge in [0.25, 0.3) is 0 Å². The van der Waals surface area contributed by atoms with Crippen molar-refractivity contribution in [3.63, 3.8) is 0 Å². The summed E-state index contributed by atoms with van der Waals surface area (Å²) in [5.41, 5.74) is 4.35. The lowest BCUT2D eigenvalue weighted by molar-refractivity contribution is -0.123. The molecule has 0 bridgehead atoms. The number of hydrogen-bond acceptors (Lipinski definition) is 3. The first kappa shape index (κ1) is 20.6. The summed E-state index contributed by atoms with van der Waals surface area (Å²) in [5, 5.41) is 8.36. The number of anilines is 1. The Morgan fingerprint density at radius 3 is 2.26 bits per heavy atom. The van der Waals surface area contributed by atoms with Crippen LogP contribution in [0.1, 0.15) is 35.2 Å². The van der Waals surface area contributed by atoms with Crippen LogP contribution in [-0.4, -0.2) is 24.9 Å². The molecule has 3 N–H and O–H groups in total. The molecular formula is C21H26FN3O2. The number of aryl methyl sites for hydroxylation is 3. The molecule has 0 aliphatic carbocycles. The maximum atomic E-state index is 13.7. The number of benzene rings is 2. The van der Waals surface area contributed by atoms with E-state index in [9.17, 15) is 14.0 Å². The number of hydrogen-bond donors (Lipinski definition) is 3. The maximum absolute atomic E-state index is 13.7. The van der Waals surface area contributed by atoms with Gasteiger partial charge in [0.15, 0.2) is 0 Å². The molecule has 5 nitrogen and oxygen atoms in total. The maximum Gasteiger partial charge on any atom is 0.243 e. The highest BCUT2D eigenvalue weighted by Crippen LogP contribution is 2.21. The standard InChI is InChI=1S/C21H26FN3O2/c1-13-9-14(2)21(15(3)10-13)25-20(27)12-24-19(26)11-23-16(4)17-7-5-6-8-18(17)22/h5-10,16,23H,11-12H2,1-4H3,(H,24,26)(H,25,27). The van der Waals surface area contributed by atoms with Gasteiger partial charge < -0.3 is 16.0 Å². The largest absolute Gasteiger partial charge is 0.346 e. The van der Waals surface area contributed by atoms with Crippen molar-refractivity contribution >= 4 is 17.5 Å². The minimum absolute atomic E-state index is 0.00856. The van der Waals surface area contributed by atoms with Crippen molar-refractivity contribution in [1.29, 1.82) is 0 Å². The average molecular weight is 371 g/mol. The highest BCUT2D eigenvalue weighted by molar-refractivity contribution is 5.96. The summed E-state index contributed by atoms with van der Waals surface area (Å²) in [4.78, 5) is 24.1. The third-order valence-corrected chi connectivity index (χ3v) is 4.33. The molecule has 2 rings (SSSR count). The Bertz CT molecular complexity index is 813. The second kappa shape index (κ2) is 9.28. The summed E-state index contributed by atoms with van der Waals surface area (Å²) in [6, 6.07) is 10.1. The fourth-order valence-corrected chi connectivity index (χ4v) is 2.98. The highest BCUT2D eigenvalue weighted by atomic mass is 19.1. The van der Waals surface area contributed by atoms with E-state index in [0.717, 1.165) is 22.4 Å². The molecule has 0 spiro atoms. The number of halogens is 1. The Balaban J connectivity index is 1.80.